The Morgan fingerprint density at radius 2 is 2.11 bits per heavy atom. The molecular formula is C7H11IO. The summed E-state index contributed by atoms with van der Waals surface area (Å²) in [5, 5.41) is 0. The molecule has 0 saturated heterocycles. The topological polar surface area (TPSA) is 17.1 Å². The molecule has 9 heavy (non-hydrogen) atoms. The van der Waals surface area contributed by atoms with Gasteiger partial charge in [0.2, 0.25) is 0 Å². The number of aldehydes is 1. The van der Waals surface area contributed by atoms with Gasteiger partial charge in [0.15, 0.2) is 0 Å². The SMILES string of the molecule is O=C/C=C/CCCCI. The average molecular weight is 238 g/mol. The molecule has 0 aromatic carbocycles. The van der Waals surface area contributed by atoms with Crippen LogP contribution in [0.5, 0.6) is 0 Å². The maximum Gasteiger partial charge on any atom is 0.142 e. The van der Waals surface area contributed by atoms with Crippen molar-refractivity contribution in [1.29, 1.82) is 0 Å². The van der Waals surface area contributed by atoms with Gasteiger partial charge in [-0.25, -0.2) is 0 Å². The van der Waals surface area contributed by atoms with Crippen molar-refractivity contribution in [2.24, 2.45) is 0 Å². The lowest BCUT2D eigenvalue weighted by atomic mass is 10.2. The molecule has 0 rings (SSSR count). The zero-order valence-electron chi connectivity index (χ0n) is 5.35. The van der Waals surface area contributed by atoms with Gasteiger partial charge >= 0.3 is 0 Å². The van der Waals surface area contributed by atoms with Gasteiger partial charge < -0.3 is 0 Å². The number of unbranched alkanes of at least 4 members (excludes halogenated alkanes) is 2. The minimum Gasteiger partial charge on any atom is -0.299 e. The Kier molecular flexibility index (Phi) is 8.27. The van der Waals surface area contributed by atoms with E-state index in [1.54, 1.807) is 6.08 Å². The fourth-order valence-corrected chi connectivity index (χ4v) is 1.05. The lowest BCUT2D eigenvalue weighted by molar-refractivity contribution is -0.104. The number of carbonyl (C=O) groups excluding carboxylic acids is 1. The zero-order chi connectivity index (χ0) is 6.95. The molecule has 0 fully saturated rings. The van der Waals surface area contributed by atoms with E-state index in [1.807, 2.05) is 6.08 Å². The fraction of sp³-hybridized carbons (Fsp3) is 0.571. The Balaban J connectivity index is 2.90. The molecule has 0 aromatic rings. The molecule has 0 unspecified atom stereocenters. The third-order valence-corrected chi connectivity index (χ3v) is 1.73. The molecule has 1 nitrogen and oxygen atoms in total. The first-order chi connectivity index (χ1) is 4.41. The summed E-state index contributed by atoms with van der Waals surface area (Å²) < 4.78 is 1.21. The van der Waals surface area contributed by atoms with Crippen molar-refractivity contribution in [2.75, 3.05) is 4.43 Å². The van der Waals surface area contributed by atoms with Gasteiger partial charge in [0.25, 0.3) is 0 Å². The van der Waals surface area contributed by atoms with Crippen molar-refractivity contribution in [1.82, 2.24) is 0 Å². The van der Waals surface area contributed by atoms with Gasteiger partial charge in [-0.3, -0.25) is 4.79 Å². The number of carbonyl (C=O) groups is 1. The largest absolute Gasteiger partial charge is 0.299 e. The molecule has 0 bridgehead atoms. The van der Waals surface area contributed by atoms with E-state index >= 15 is 0 Å². The smallest absolute Gasteiger partial charge is 0.142 e. The molecule has 0 heterocycles. The van der Waals surface area contributed by atoms with Crippen LogP contribution in [0.4, 0.5) is 0 Å². The minimum atomic E-state index is 0.823. The highest BCUT2D eigenvalue weighted by molar-refractivity contribution is 14.1. The lowest BCUT2D eigenvalue weighted by Crippen LogP contribution is -1.73. The van der Waals surface area contributed by atoms with Crippen LogP contribution in [0.25, 0.3) is 0 Å². The maximum atomic E-state index is 9.75. The molecule has 0 aliphatic rings. The normalized spacial score (nSPS) is 10.3. The van der Waals surface area contributed by atoms with Gasteiger partial charge in [-0.2, -0.15) is 0 Å². The molecule has 0 aliphatic carbocycles. The summed E-state index contributed by atoms with van der Waals surface area (Å²) in [6.45, 7) is 0. The van der Waals surface area contributed by atoms with Gasteiger partial charge in [0.1, 0.15) is 6.29 Å². The van der Waals surface area contributed by atoms with E-state index in [-0.39, 0.29) is 0 Å². The van der Waals surface area contributed by atoms with Crippen LogP contribution in [0.2, 0.25) is 0 Å². The van der Waals surface area contributed by atoms with Crippen LogP contribution in [0, 0.1) is 0 Å². The molecule has 0 aromatic heterocycles. The summed E-state index contributed by atoms with van der Waals surface area (Å²) in [5.41, 5.74) is 0. The summed E-state index contributed by atoms with van der Waals surface area (Å²) in [7, 11) is 0. The highest BCUT2D eigenvalue weighted by Crippen LogP contribution is 1.98. The van der Waals surface area contributed by atoms with Crippen LogP contribution < -0.4 is 0 Å². The van der Waals surface area contributed by atoms with E-state index in [9.17, 15) is 4.79 Å². The van der Waals surface area contributed by atoms with Gasteiger partial charge in [-0.15, -0.1) is 0 Å². The lowest BCUT2D eigenvalue weighted by Gasteiger charge is -1.87. The Hall–Kier alpha value is 0.140. The van der Waals surface area contributed by atoms with Gasteiger partial charge in [0.05, 0.1) is 0 Å². The number of hydrogen-bond acceptors (Lipinski definition) is 1. The standard InChI is InChI=1S/C7H11IO/c8-6-4-2-1-3-5-7-9/h3,5,7H,1-2,4,6H2/b5-3+. The third kappa shape index (κ3) is 8.14. The third-order valence-electron chi connectivity index (χ3n) is 0.969. The molecular weight excluding hydrogens is 227 g/mol. The predicted octanol–water partition coefficient (Wildman–Crippen LogP) is 2.35. The Labute approximate surface area is 69.7 Å². The summed E-state index contributed by atoms with van der Waals surface area (Å²) in [4.78, 5) is 9.75. The van der Waals surface area contributed by atoms with Gasteiger partial charge in [-0.1, -0.05) is 28.7 Å². The van der Waals surface area contributed by atoms with Crippen molar-refractivity contribution >= 4 is 28.9 Å². The first-order valence-corrected chi connectivity index (χ1v) is 4.60. The molecule has 0 saturated carbocycles. The van der Waals surface area contributed by atoms with Crippen molar-refractivity contribution in [3.05, 3.63) is 12.2 Å². The fourth-order valence-electron chi connectivity index (χ4n) is 0.508. The van der Waals surface area contributed by atoms with Crippen LogP contribution in [-0.4, -0.2) is 10.7 Å². The van der Waals surface area contributed by atoms with E-state index in [0.29, 0.717) is 0 Å². The second-order valence-corrected chi connectivity index (χ2v) is 2.83. The molecule has 52 valence electrons. The Bertz CT molecular complexity index is 88.9. The van der Waals surface area contributed by atoms with Gasteiger partial charge in [-0.05, 0) is 29.8 Å². The molecule has 2 heteroatoms. The highest BCUT2D eigenvalue weighted by Gasteiger charge is 1.80. The van der Waals surface area contributed by atoms with E-state index in [0.717, 1.165) is 12.7 Å². The number of halogens is 1. The van der Waals surface area contributed by atoms with Crippen molar-refractivity contribution in [2.45, 2.75) is 19.3 Å². The summed E-state index contributed by atoms with van der Waals surface area (Å²) in [6, 6.07) is 0. The van der Waals surface area contributed by atoms with E-state index in [1.165, 1.54) is 17.3 Å². The van der Waals surface area contributed by atoms with Crippen LogP contribution in [0.1, 0.15) is 19.3 Å². The summed E-state index contributed by atoms with van der Waals surface area (Å²) in [5.74, 6) is 0. The van der Waals surface area contributed by atoms with Crippen molar-refractivity contribution in [3.8, 4) is 0 Å². The van der Waals surface area contributed by atoms with E-state index in [2.05, 4.69) is 22.6 Å². The second-order valence-electron chi connectivity index (χ2n) is 1.75. The van der Waals surface area contributed by atoms with E-state index in [4.69, 9.17) is 0 Å². The Morgan fingerprint density at radius 1 is 1.33 bits per heavy atom. The summed E-state index contributed by atoms with van der Waals surface area (Å²) >= 11 is 2.35. The molecule has 0 aliphatic heterocycles. The van der Waals surface area contributed by atoms with Crippen LogP contribution in [0.15, 0.2) is 12.2 Å². The molecule has 0 radical (unpaired) electrons. The van der Waals surface area contributed by atoms with Crippen molar-refractivity contribution < 1.29 is 4.79 Å². The molecule has 0 atom stereocenters. The molecule has 0 spiro atoms. The highest BCUT2D eigenvalue weighted by atomic mass is 127. The Morgan fingerprint density at radius 3 is 2.67 bits per heavy atom. The average Bonchev–Trinajstić information content (AvgIpc) is 1.89. The zero-order valence-corrected chi connectivity index (χ0v) is 7.50. The molecule has 0 N–H and O–H groups in total. The number of alkyl halides is 1. The van der Waals surface area contributed by atoms with Crippen LogP contribution >= 0.6 is 22.6 Å². The van der Waals surface area contributed by atoms with Crippen LogP contribution in [-0.2, 0) is 4.79 Å². The quantitative estimate of drug-likeness (QED) is 0.236. The number of hydrogen-bond donors (Lipinski definition) is 0. The maximum absolute atomic E-state index is 9.75. The van der Waals surface area contributed by atoms with Gasteiger partial charge in [0, 0.05) is 0 Å². The van der Waals surface area contributed by atoms with Crippen molar-refractivity contribution in [3.63, 3.8) is 0 Å². The minimum absolute atomic E-state index is 0.823. The van der Waals surface area contributed by atoms with E-state index < -0.39 is 0 Å². The number of rotatable bonds is 5. The first kappa shape index (κ1) is 9.14. The summed E-state index contributed by atoms with van der Waals surface area (Å²) in [6.07, 6.45) is 7.80. The predicted molar refractivity (Wildman–Crippen MR) is 47.9 cm³/mol. The first-order valence-electron chi connectivity index (χ1n) is 3.08. The number of allylic oxidation sites excluding steroid dienone is 2. The monoisotopic (exact) mass is 238 g/mol. The molecule has 0 amide bonds. The van der Waals surface area contributed by atoms with Crippen LogP contribution in [0.3, 0.4) is 0 Å². The second kappa shape index (κ2) is 8.14.